The molecule has 3 aromatic carbocycles. The average Bonchev–Trinajstić information content (AvgIpc) is 3.24. The van der Waals surface area contributed by atoms with Gasteiger partial charge in [0.2, 0.25) is 11.7 Å². The minimum atomic E-state index is -1.33. The van der Waals surface area contributed by atoms with Crippen molar-refractivity contribution in [1.29, 1.82) is 0 Å². The van der Waals surface area contributed by atoms with Crippen LogP contribution in [0.25, 0.3) is 16.8 Å². The Labute approximate surface area is 201 Å². The minimum Gasteiger partial charge on any atom is -0.461 e. The number of hydrogen-bond donors (Lipinski definition) is 2. The van der Waals surface area contributed by atoms with Gasteiger partial charge in [-0.05, 0) is 66.7 Å². The molecule has 0 unspecified atom stereocenters. The lowest BCUT2D eigenvalue weighted by Crippen LogP contribution is -2.47. The van der Waals surface area contributed by atoms with Crippen LogP contribution in [0.4, 0.5) is 0 Å². The minimum absolute atomic E-state index is 0.0316. The molecule has 2 N–H and O–H groups in total. The van der Waals surface area contributed by atoms with Crippen LogP contribution in [0, 0.1) is 0 Å². The van der Waals surface area contributed by atoms with Crippen molar-refractivity contribution >= 4 is 22.8 Å². The summed E-state index contributed by atoms with van der Waals surface area (Å²) in [4.78, 5) is 14.2. The normalized spacial score (nSPS) is 20.4. The third-order valence-corrected chi connectivity index (χ3v) is 6.90. The van der Waals surface area contributed by atoms with E-state index in [-0.39, 0.29) is 5.91 Å². The van der Waals surface area contributed by atoms with Gasteiger partial charge in [0.05, 0.1) is 6.54 Å². The lowest BCUT2D eigenvalue weighted by molar-refractivity contribution is -0.139. The number of amides is 1. The van der Waals surface area contributed by atoms with E-state index in [0.29, 0.717) is 31.2 Å². The van der Waals surface area contributed by atoms with Gasteiger partial charge in [0.1, 0.15) is 5.75 Å². The summed E-state index contributed by atoms with van der Waals surface area (Å²) in [7, 11) is 0. The van der Waals surface area contributed by atoms with Gasteiger partial charge < -0.3 is 15.2 Å². The molecule has 2 aliphatic rings. The van der Waals surface area contributed by atoms with Crippen molar-refractivity contribution in [3.05, 3.63) is 83.4 Å². The molecule has 2 heterocycles. The van der Waals surface area contributed by atoms with Gasteiger partial charge in [0, 0.05) is 24.6 Å². The van der Waals surface area contributed by atoms with E-state index in [2.05, 4.69) is 52.7 Å². The Bertz CT molecular complexity index is 1210. The Hall–Kier alpha value is -3.15. The number of piperidine rings is 1. The molecule has 5 rings (SSSR count). The first kappa shape index (κ1) is 22.6. The highest BCUT2D eigenvalue weighted by Gasteiger charge is 2.30. The van der Waals surface area contributed by atoms with Gasteiger partial charge in [-0.15, -0.1) is 0 Å². The summed E-state index contributed by atoms with van der Waals surface area (Å²) in [5.41, 5.74) is 2.95. The molecule has 34 heavy (non-hydrogen) atoms. The van der Waals surface area contributed by atoms with Crippen LogP contribution >= 0.6 is 0 Å². The molecule has 0 bridgehead atoms. The Balaban J connectivity index is 1.21. The highest BCUT2D eigenvalue weighted by molar-refractivity contribution is 6.00. The van der Waals surface area contributed by atoms with Crippen molar-refractivity contribution in [2.45, 2.75) is 37.9 Å². The van der Waals surface area contributed by atoms with E-state index in [9.17, 15) is 9.90 Å². The summed E-state index contributed by atoms with van der Waals surface area (Å²) in [6.45, 7) is 4.66. The molecule has 2 saturated heterocycles. The van der Waals surface area contributed by atoms with Crippen molar-refractivity contribution in [3.63, 3.8) is 0 Å². The standard InChI is InChI=1S/C29H32N2O3/c1-29(33,34-27-9-5-4-8-25(27)19-26-12-15-30-28(26)32)20-31-16-13-22(14-17-31)24-11-10-21-6-2-3-7-23(21)18-24/h2-11,18-19,22,33H,12-17,20H2,1H3,(H,30,32)/t29-/m1/s1. The van der Waals surface area contributed by atoms with Crippen LogP contribution in [0.1, 0.15) is 43.2 Å². The number of nitrogens with one attached hydrogen (secondary N) is 1. The van der Waals surface area contributed by atoms with Crippen LogP contribution in [0.5, 0.6) is 5.75 Å². The smallest absolute Gasteiger partial charge is 0.247 e. The number of carbonyl (C=O) groups excluding carboxylic acids is 1. The zero-order valence-electron chi connectivity index (χ0n) is 19.7. The number of rotatable bonds is 6. The molecule has 0 aliphatic carbocycles. The molecule has 0 spiro atoms. The van der Waals surface area contributed by atoms with Crippen LogP contribution in [-0.4, -0.2) is 47.9 Å². The van der Waals surface area contributed by atoms with Crippen LogP contribution in [0.2, 0.25) is 0 Å². The molecule has 176 valence electrons. The van der Waals surface area contributed by atoms with Crippen LogP contribution < -0.4 is 10.1 Å². The van der Waals surface area contributed by atoms with Gasteiger partial charge in [0.15, 0.2) is 0 Å². The number of nitrogens with zero attached hydrogens (tertiary/aromatic N) is 1. The molecule has 1 atom stereocenters. The molecule has 2 aliphatic heterocycles. The summed E-state index contributed by atoms with van der Waals surface area (Å²) >= 11 is 0. The lowest BCUT2D eigenvalue weighted by Gasteiger charge is -2.37. The zero-order valence-corrected chi connectivity index (χ0v) is 19.7. The fraction of sp³-hybridized carbons (Fsp3) is 0.345. The predicted molar refractivity (Wildman–Crippen MR) is 136 cm³/mol. The Morgan fingerprint density at radius 1 is 1.06 bits per heavy atom. The Kier molecular flexibility index (Phi) is 6.40. The van der Waals surface area contributed by atoms with E-state index < -0.39 is 5.79 Å². The van der Waals surface area contributed by atoms with Crippen LogP contribution in [0.15, 0.2) is 72.3 Å². The number of ether oxygens (including phenoxy) is 1. The van der Waals surface area contributed by atoms with Gasteiger partial charge in [-0.2, -0.15) is 0 Å². The molecule has 0 aromatic heterocycles. The van der Waals surface area contributed by atoms with Crippen molar-refractivity contribution in [2.24, 2.45) is 0 Å². The molecule has 2 fully saturated rings. The second-order valence-corrected chi connectivity index (χ2v) is 9.65. The first-order valence-electron chi connectivity index (χ1n) is 12.2. The van der Waals surface area contributed by atoms with E-state index in [0.717, 1.165) is 37.1 Å². The Morgan fingerprint density at radius 3 is 2.56 bits per heavy atom. The van der Waals surface area contributed by atoms with E-state index in [1.165, 1.54) is 16.3 Å². The summed E-state index contributed by atoms with van der Waals surface area (Å²) in [6.07, 6.45) is 4.69. The number of β-amino-alcohol motifs (C(OH)–C–C–N with tert-alkyl or cyclic N) is 1. The summed E-state index contributed by atoms with van der Waals surface area (Å²) < 4.78 is 6.08. The SMILES string of the molecule is C[C@](O)(CN1CCC(c2ccc3ccccc3c2)CC1)Oc1ccccc1C=C1CCNC1=O. The molecular formula is C29H32N2O3. The predicted octanol–water partition coefficient (Wildman–Crippen LogP) is 4.71. The average molecular weight is 457 g/mol. The molecule has 3 aromatic rings. The van der Waals surface area contributed by atoms with Gasteiger partial charge in [-0.25, -0.2) is 0 Å². The summed E-state index contributed by atoms with van der Waals surface area (Å²) in [6, 6.07) is 22.9. The molecule has 5 heteroatoms. The second-order valence-electron chi connectivity index (χ2n) is 9.65. The molecule has 0 radical (unpaired) electrons. The molecular weight excluding hydrogens is 424 g/mol. The largest absolute Gasteiger partial charge is 0.461 e. The number of aliphatic hydroxyl groups is 1. The molecule has 1 amide bonds. The topological polar surface area (TPSA) is 61.8 Å². The highest BCUT2D eigenvalue weighted by Crippen LogP contribution is 2.32. The summed E-state index contributed by atoms with van der Waals surface area (Å²) in [5, 5.41) is 16.5. The monoisotopic (exact) mass is 456 g/mol. The van der Waals surface area contributed by atoms with Crippen LogP contribution in [0.3, 0.4) is 0 Å². The number of benzene rings is 3. The number of carbonyl (C=O) groups is 1. The van der Waals surface area contributed by atoms with Gasteiger partial charge >= 0.3 is 0 Å². The maximum absolute atomic E-state index is 12.0. The fourth-order valence-corrected chi connectivity index (χ4v) is 5.13. The van der Waals surface area contributed by atoms with Crippen LogP contribution in [-0.2, 0) is 4.79 Å². The number of para-hydroxylation sites is 1. The molecule has 0 saturated carbocycles. The zero-order chi connectivity index (χ0) is 23.5. The van der Waals surface area contributed by atoms with Crippen molar-refractivity contribution in [1.82, 2.24) is 10.2 Å². The number of hydrogen-bond acceptors (Lipinski definition) is 4. The summed E-state index contributed by atoms with van der Waals surface area (Å²) in [5.74, 6) is -0.235. The second kappa shape index (κ2) is 9.61. The van der Waals surface area contributed by atoms with Gasteiger partial charge in [0.25, 0.3) is 0 Å². The van der Waals surface area contributed by atoms with E-state index in [4.69, 9.17) is 4.74 Å². The first-order valence-corrected chi connectivity index (χ1v) is 12.2. The maximum atomic E-state index is 12.0. The Morgan fingerprint density at radius 2 is 1.79 bits per heavy atom. The van der Waals surface area contributed by atoms with Crippen molar-refractivity contribution in [3.8, 4) is 5.75 Å². The lowest BCUT2D eigenvalue weighted by atomic mass is 9.88. The van der Waals surface area contributed by atoms with Crippen molar-refractivity contribution in [2.75, 3.05) is 26.2 Å². The maximum Gasteiger partial charge on any atom is 0.247 e. The highest BCUT2D eigenvalue weighted by atomic mass is 16.6. The third kappa shape index (κ3) is 5.16. The number of fused-ring (bicyclic) bond motifs is 1. The van der Waals surface area contributed by atoms with E-state index in [1.54, 1.807) is 6.92 Å². The molecule has 5 nitrogen and oxygen atoms in total. The van der Waals surface area contributed by atoms with Gasteiger partial charge in [-0.3, -0.25) is 9.69 Å². The quantitative estimate of drug-likeness (QED) is 0.417. The van der Waals surface area contributed by atoms with E-state index >= 15 is 0 Å². The third-order valence-electron chi connectivity index (χ3n) is 6.90. The van der Waals surface area contributed by atoms with Crippen molar-refractivity contribution < 1.29 is 14.6 Å². The van der Waals surface area contributed by atoms with Gasteiger partial charge in [-0.1, -0.05) is 60.7 Å². The first-order chi connectivity index (χ1) is 16.5. The number of likely N-dealkylation sites (tertiary alicyclic amines) is 1. The van der Waals surface area contributed by atoms with E-state index in [1.807, 2.05) is 30.3 Å². The fourth-order valence-electron chi connectivity index (χ4n) is 5.13.